The predicted molar refractivity (Wildman–Crippen MR) is 83.8 cm³/mol. The summed E-state index contributed by atoms with van der Waals surface area (Å²) in [4.78, 5) is 13.6. The summed E-state index contributed by atoms with van der Waals surface area (Å²) in [6.07, 6.45) is 0.227. The number of nitrogens with zero attached hydrogens (tertiary/aromatic N) is 1. The maximum atomic E-state index is 11.7. The molecule has 1 rings (SSSR count). The quantitative estimate of drug-likeness (QED) is 0.764. The van der Waals surface area contributed by atoms with Gasteiger partial charge in [0.05, 0.1) is 18.6 Å². The van der Waals surface area contributed by atoms with Crippen LogP contribution in [0.25, 0.3) is 0 Å². The van der Waals surface area contributed by atoms with E-state index in [1.165, 1.54) is 0 Å². The van der Waals surface area contributed by atoms with Crippen molar-refractivity contribution in [1.82, 2.24) is 10.2 Å². The Morgan fingerprint density at radius 2 is 2.19 bits per heavy atom. The minimum atomic E-state index is -0.951. The summed E-state index contributed by atoms with van der Waals surface area (Å²) in [5.41, 5.74) is -0.951. The van der Waals surface area contributed by atoms with E-state index in [0.29, 0.717) is 17.3 Å². The number of carbonyl (C=O) groups is 1. The molecule has 118 valence electrons. The summed E-state index contributed by atoms with van der Waals surface area (Å²) in [5.74, 6) is 0.478. The van der Waals surface area contributed by atoms with Gasteiger partial charge in [0.2, 0.25) is 5.91 Å². The largest absolute Gasteiger partial charge is 0.493 e. The monoisotopic (exact) mass is 314 g/mol. The fourth-order valence-electron chi connectivity index (χ4n) is 1.93. The number of amides is 1. The molecule has 0 aliphatic rings. The van der Waals surface area contributed by atoms with Crippen LogP contribution in [0.2, 0.25) is 5.02 Å². The Labute approximate surface area is 130 Å². The number of ether oxygens (including phenoxy) is 1. The summed E-state index contributed by atoms with van der Waals surface area (Å²) in [6.45, 7) is 2.64. The molecule has 1 atom stereocenters. The van der Waals surface area contributed by atoms with Gasteiger partial charge >= 0.3 is 0 Å². The third kappa shape index (κ3) is 7.90. The smallest absolute Gasteiger partial charge is 0.223 e. The van der Waals surface area contributed by atoms with Crippen molar-refractivity contribution >= 4 is 17.5 Å². The zero-order chi connectivity index (χ0) is 15.9. The van der Waals surface area contributed by atoms with E-state index in [4.69, 9.17) is 16.3 Å². The maximum absolute atomic E-state index is 11.7. The molecule has 0 spiro atoms. The lowest BCUT2D eigenvalue weighted by Gasteiger charge is -2.27. The summed E-state index contributed by atoms with van der Waals surface area (Å²) in [5, 5.41) is 13.4. The lowest BCUT2D eigenvalue weighted by atomic mass is 10.1. The summed E-state index contributed by atoms with van der Waals surface area (Å²) in [6, 6.07) is 7.02. The average molecular weight is 315 g/mol. The van der Waals surface area contributed by atoms with Crippen molar-refractivity contribution in [3.63, 3.8) is 0 Å². The van der Waals surface area contributed by atoms with Crippen molar-refractivity contribution in [1.29, 1.82) is 0 Å². The van der Waals surface area contributed by atoms with Gasteiger partial charge in [0.15, 0.2) is 0 Å². The van der Waals surface area contributed by atoms with Gasteiger partial charge < -0.3 is 20.1 Å². The van der Waals surface area contributed by atoms with E-state index in [1.54, 1.807) is 31.2 Å². The highest BCUT2D eigenvalue weighted by Gasteiger charge is 2.21. The van der Waals surface area contributed by atoms with Crippen LogP contribution in [0.1, 0.15) is 13.3 Å². The van der Waals surface area contributed by atoms with Gasteiger partial charge in [-0.1, -0.05) is 17.7 Å². The maximum Gasteiger partial charge on any atom is 0.223 e. The number of likely N-dealkylation sites (N-methyl/N-ethyl adjacent to an activating group) is 1. The third-order valence-electron chi connectivity index (χ3n) is 2.72. The zero-order valence-corrected chi connectivity index (χ0v) is 13.5. The topological polar surface area (TPSA) is 61.8 Å². The number of hydrogen-bond acceptors (Lipinski definition) is 4. The molecule has 6 heteroatoms. The Morgan fingerprint density at radius 1 is 1.48 bits per heavy atom. The first-order valence-electron chi connectivity index (χ1n) is 6.81. The van der Waals surface area contributed by atoms with Gasteiger partial charge in [0, 0.05) is 18.1 Å². The minimum Gasteiger partial charge on any atom is -0.493 e. The molecule has 5 nitrogen and oxygen atoms in total. The molecular formula is C15H23ClN2O3. The van der Waals surface area contributed by atoms with E-state index in [2.05, 4.69) is 5.32 Å². The van der Waals surface area contributed by atoms with E-state index >= 15 is 0 Å². The molecule has 0 saturated carbocycles. The lowest BCUT2D eigenvalue weighted by Crippen LogP contribution is -2.47. The molecule has 1 amide bonds. The van der Waals surface area contributed by atoms with Gasteiger partial charge in [-0.2, -0.15) is 0 Å². The number of benzene rings is 1. The third-order valence-corrected chi connectivity index (χ3v) is 2.95. The highest BCUT2D eigenvalue weighted by Crippen LogP contribution is 2.17. The summed E-state index contributed by atoms with van der Waals surface area (Å²) >= 11 is 5.84. The first-order valence-corrected chi connectivity index (χ1v) is 7.18. The molecule has 1 aromatic carbocycles. The Bertz CT molecular complexity index is 464. The molecule has 0 aliphatic heterocycles. The standard InChI is InChI=1S/C15H23ClN2O3/c1-15(20,11-18(2)3)10-17-14(19)7-8-21-13-6-4-5-12(16)9-13/h4-6,9,20H,7-8,10-11H2,1-3H3,(H,17,19). The van der Waals surface area contributed by atoms with Crippen LogP contribution in [0.15, 0.2) is 24.3 Å². The molecule has 0 bridgehead atoms. The molecule has 21 heavy (non-hydrogen) atoms. The Kier molecular flexibility index (Phi) is 6.95. The highest BCUT2D eigenvalue weighted by atomic mass is 35.5. The van der Waals surface area contributed by atoms with Crippen LogP contribution in [0.5, 0.6) is 5.75 Å². The SMILES string of the molecule is CN(C)CC(C)(O)CNC(=O)CCOc1cccc(Cl)c1. The van der Waals surface area contributed by atoms with Crippen molar-refractivity contribution in [3.8, 4) is 5.75 Å². The van der Waals surface area contributed by atoms with Crippen molar-refractivity contribution in [2.24, 2.45) is 0 Å². The molecule has 0 saturated heterocycles. The van der Waals surface area contributed by atoms with E-state index in [1.807, 2.05) is 19.0 Å². The van der Waals surface area contributed by atoms with E-state index in [9.17, 15) is 9.90 Å². The number of carbonyl (C=O) groups excluding carboxylic acids is 1. The van der Waals surface area contributed by atoms with Crippen LogP contribution in [0.3, 0.4) is 0 Å². The van der Waals surface area contributed by atoms with Crippen LogP contribution in [0.4, 0.5) is 0 Å². The highest BCUT2D eigenvalue weighted by molar-refractivity contribution is 6.30. The van der Waals surface area contributed by atoms with Crippen LogP contribution >= 0.6 is 11.6 Å². The second-order valence-electron chi connectivity index (χ2n) is 5.57. The number of rotatable bonds is 8. The molecule has 0 heterocycles. The van der Waals surface area contributed by atoms with Crippen molar-refractivity contribution < 1.29 is 14.6 Å². The second kappa shape index (κ2) is 8.22. The molecule has 0 aliphatic carbocycles. The number of aliphatic hydroxyl groups is 1. The molecule has 0 radical (unpaired) electrons. The van der Waals surface area contributed by atoms with Crippen molar-refractivity contribution in [3.05, 3.63) is 29.3 Å². The first kappa shape index (κ1) is 17.8. The first-order chi connectivity index (χ1) is 9.78. The van der Waals surface area contributed by atoms with Crippen LogP contribution in [-0.4, -0.2) is 55.3 Å². The van der Waals surface area contributed by atoms with E-state index in [-0.39, 0.29) is 25.5 Å². The average Bonchev–Trinajstić information content (AvgIpc) is 2.35. The van der Waals surface area contributed by atoms with Gasteiger partial charge in [-0.05, 0) is 39.2 Å². The number of nitrogens with one attached hydrogen (secondary N) is 1. The predicted octanol–water partition coefficient (Wildman–Crippen LogP) is 1.54. The number of hydrogen-bond donors (Lipinski definition) is 2. The molecule has 0 fully saturated rings. The van der Waals surface area contributed by atoms with Gasteiger partial charge in [0.25, 0.3) is 0 Å². The summed E-state index contributed by atoms with van der Waals surface area (Å²) in [7, 11) is 3.74. The normalized spacial score (nSPS) is 13.8. The Morgan fingerprint density at radius 3 is 2.81 bits per heavy atom. The Hall–Kier alpha value is -1.30. The molecule has 1 aromatic rings. The van der Waals surface area contributed by atoms with Crippen LogP contribution < -0.4 is 10.1 Å². The van der Waals surface area contributed by atoms with Gasteiger partial charge in [0.1, 0.15) is 5.75 Å². The van der Waals surface area contributed by atoms with E-state index in [0.717, 1.165) is 0 Å². The zero-order valence-electron chi connectivity index (χ0n) is 12.7. The summed E-state index contributed by atoms with van der Waals surface area (Å²) < 4.78 is 5.44. The second-order valence-corrected chi connectivity index (χ2v) is 6.00. The Balaban J connectivity index is 2.25. The fourth-order valence-corrected chi connectivity index (χ4v) is 2.11. The molecular weight excluding hydrogens is 292 g/mol. The van der Waals surface area contributed by atoms with E-state index < -0.39 is 5.60 Å². The lowest BCUT2D eigenvalue weighted by molar-refractivity contribution is -0.122. The molecule has 0 aromatic heterocycles. The van der Waals surface area contributed by atoms with Crippen LogP contribution in [0, 0.1) is 0 Å². The minimum absolute atomic E-state index is 0.156. The van der Waals surface area contributed by atoms with Gasteiger partial charge in [-0.15, -0.1) is 0 Å². The molecule has 2 N–H and O–H groups in total. The van der Waals surface area contributed by atoms with Crippen molar-refractivity contribution in [2.75, 3.05) is 33.8 Å². The fraction of sp³-hybridized carbons (Fsp3) is 0.533. The van der Waals surface area contributed by atoms with Gasteiger partial charge in [-0.25, -0.2) is 0 Å². The number of halogens is 1. The van der Waals surface area contributed by atoms with Crippen molar-refractivity contribution in [2.45, 2.75) is 18.9 Å². The van der Waals surface area contributed by atoms with Gasteiger partial charge in [-0.3, -0.25) is 4.79 Å². The molecule has 1 unspecified atom stereocenters. The van der Waals surface area contributed by atoms with Crippen LogP contribution in [-0.2, 0) is 4.79 Å².